The van der Waals surface area contributed by atoms with Crippen LogP contribution < -0.4 is 5.73 Å². The fourth-order valence-corrected chi connectivity index (χ4v) is 3.16. The van der Waals surface area contributed by atoms with E-state index < -0.39 is 5.82 Å². The topological polar surface area (TPSA) is 69.6 Å². The number of halogens is 1. The molecule has 1 aromatic carbocycles. The van der Waals surface area contributed by atoms with Gasteiger partial charge in [-0.25, -0.2) is 9.07 Å². The van der Waals surface area contributed by atoms with Crippen LogP contribution in [0.5, 0.6) is 0 Å². The molecule has 0 amide bonds. The second-order valence-corrected chi connectivity index (χ2v) is 6.92. The van der Waals surface area contributed by atoms with Crippen molar-refractivity contribution in [3.63, 3.8) is 0 Å². The Balaban J connectivity index is 1.90. The van der Waals surface area contributed by atoms with Crippen molar-refractivity contribution in [1.82, 2.24) is 20.2 Å². The maximum absolute atomic E-state index is 13.6. The molecule has 1 saturated carbocycles. The van der Waals surface area contributed by atoms with Crippen molar-refractivity contribution in [1.29, 1.82) is 0 Å². The van der Waals surface area contributed by atoms with Crippen LogP contribution in [0.3, 0.4) is 0 Å². The largest absolute Gasteiger partial charge is 0.396 e. The summed E-state index contributed by atoms with van der Waals surface area (Å²) in [7, 11) is 0. The minimum Gasteiger partial charge on any atom is -0.396 e. The number of rotatable bonds is 3. The molecule has 2 aromatic rings. The van der Waals surface area contributed by atoms with Crippen molar-refractivity contribution in [2.75, 3.05) is 5.73 Å². The normalized spacial score (nSPS) is 19.7. The Kier molecular flexibility index (Phi) is 2.83. The number of nitrogens with zero attached hydrogens (tertiary/aromatic N) is 4. The standard InChI is InChI=1S/C15H20FN5/c1-14(2)12(15(14,3)4)8-21-13(18-19-20-21)9-5-6-11(17)10(16)7-9/h5-7,12H,8,17H2,1-4H3. The van der Waals surface area contributed by atoms with Crippen molar-refractivity contribution in [3.8, 4) is 11.4 Å². The van der Waals surface area contributed by atoms with Crippen LogP contribution in [0, 0.1) is 22.6 Å². The van der Waals surface area contributed by atoms with Crippen LogP contribution in [0.4, 0.5) is 10.1 Å². The lowest BCUT2D eigenvalue weighted by Gasteiger charge is -2.07. The minimum atomic E-state index is -0.450. The van der Waals surface area contributed by atoms with E-state index >= 15 is 0 Å². The van der Waals surface area contributed by atoms with Crippen LogP contribution in [0.25, 0.3) is 11.4 Å². The monoisotopic (exact) mass is 289 g/mol. The Morgan fingerprint density at radius 3 is 2.48 bits per heavy atom. The summed E-state index contributed by atoms with van der Waals surface area (Å²) in [5, 5.41) is 11.8. The van der Waals surface area contributed by atoms with Crippen LogP contribution in [-0.2, 0) is 6.54 Å². The van der Waals surface area contributed by atoms with E-state index in [0.717, 1.165) is 6.54 Å². The summed E-state index contributed by atoms with van der Waals surface area (Å²) in [6.07, 6.45) is 0. The molecule has 5 nitrogen and oxygen atoms in total. The molecule has 6 heteroatoms. The summed E-state index contributed by atoms with van der Waals surface area (Å²) in [5.41, 5.74) is 6.78. The Morgan fingerprint density at radius 2 is 1.90 bits per heavy atom. The van der Waals surface area contributed by atoms with Gasteiger partial charge in [0.05, 0.1) is 5.69 Å². The molecule has 1 aromatic heterocycles. The molecule has 1 fully saturated rings. The molecule has 0 radical (unpaired) electrons. The zero-order valence-corrected chi connectivity index (χ0v) is 12.8. The van der Waals surface area contributed by atoms with Gasteiger partial charge in [0.1, 0.15) is 5.82 Å². The number of hydrogen-bond acceptors (Lipinski definition) is 4. The third-order valence-electron chi connectivity index (χ3n) is 5.47. The van der Waals surface area contributed by atoms with Gasteiger partial charge in [0.25, 0.3) is 0 Å². The van der Waals surface area contributed by atoms with E-state index in [1.807, 2.05) is 0 Å². The maximum atomic E-state index is 13.6. The number of benzene rings is 1. The highest BCUT2D eigenvalue weighted by molar-refractivity contribution is 5.59. The lowest BCUT2D eigenvalue weighted by atomic mass is 10.0. The molecular formula is C15H20FN5. The molecule has 0 bridgehead atoms. The molecule has 0 atom stereocenters. The Labute approximate surface area is 123 Å². The zero-order valence-electron chi connectivity index (χ0n) is 12.8. The molecule has 21 heavy (non-hydrogen) atoms. The molecule has 1 aliphatic rings. The van der Waals surface area contributed by atoms with Gasteiger partial charge in [-0.1, -0.05) is 27.7 Å². The average molecular weight is 289 g/mol. The third kappa shape index (κ3) is 2.01. The van der Waals surface area contributed by atoms with Crippen molar-refractivity contribution >= 4 is 5.69 Å². The molecule has 0 saturated heterocycles. The van der Waals surface area contributed by atoms with Gasteiger partial charge >= 0.3 is 0 Å². The van der Waals surface area contributed by atoms with E-state index in [-0.39, 0.29) is 16.5 Å². The van der Waals surface area contributed by atoms with Gasteiger partial charge in [-0.05, 0) is 45.4 Å². The Morgan fingerprint density at radius 1 is 1.24 bits per heavy atom. The molecule has 1 heterocycles. The molecular weight excluding hydrogens is 269 g/mol. The molecule has 1 aliphatic carbocycles. The summed E-state index contributed by atoms with van der Waals surface area (Å²) < 4.78 is 15.4. The van der Waals surface area contributed by atoms with Crippen molar-refractivity contribution in [3.05, 3.63) is 24.0 Å². The summed E-state index contributed by atoms with van der Waals surface area (Å²) in [6.45, 7) is 9.75. The Hall–Kier alpha value is -1.98. The first-order valence-electron chi connectivity index (χ1n) is 7.06. The van der Waals surface area contributed by atoms with Crippen LogP contribution in [0.1, 0.15) is 27.7 Å². The number of aromatic nitrogens is 4. The SMILES string of the molecule is CC1(C)C(Cn2nnnc2-c2ccc(N)c(F)c2)C1(C)C. The van der Waals surface area contributed by atoms with Crippen molar-refractivity contribution in [2.45, 2.75) is 34.2 Å². The highest BCUT2D eigenvalue weighted by atomic mass is 19.1. The molecule has 0 spiro atoms. The van der Waals surface area contributed by atoms with E-state index in [9.17, 15) is 4.39 Å². The predicted molar refractivity (Wildman–Crippen MR) is 78.7 cm³/mol. The van der Waals surface area contributed by atoms with Gasteiger partial charge in [0.2, 0.25) is 0 Å². The fourth-order valence-electron chi connectivity index (χ4n) is 3.16. The van der Waals surface area contributed by atoms with E-state index in [4.69, 9.17) is 5.73 Å². The van der Waals surface area contributed by atoms with E-state index in [1.165, 1.54) is 12.1 Å². The molecule has 2 N–H and O–H groups in total. The predicted octanol–water partition coefficient (Wildman–Crippen LogP) is 2.74. The third-order valence-corrected chi connectivity index (χ3v) is 5.47. The number of hydrogen-bond donors (Lipinski definition) is 1. The van der Waals surface area contributed by atoms with Gasteiger partial charge in [0.15, 0.2) is 5.82 Å². The maximum Gasteiger partial charge on any atom is 0.182 e. The van der Waals surface area contributed by atoms with Crippen LogP contribution in [-0.4, -0.2) is 20.2 Å². The smallest absolute Gasteiger partial charge is 0.182 e. The highest BCUT2D eigenvalue weighted by Gasteiger charge is 2.64. The van der Waals surface area contributed by atoms with Crippen molar-refractivity contribution < 1.29 is 4.39 Å². The molecule has 0 unspecified atom stereocenters. The lowest BCUT2D eigenvalue weighted by Crippen LogP contribution is -2.08. The molecule has 3 rings (SSSR count). The van der Waals surface area contributed by atoms with E-state index in [2.05, 4.69) is 43.2 Å². The highest BCUT2D eigenvalue weighted by Crippen LogP contribution is 2.68. The van der Waals surface area contributed by atoms with Gasteiger partial charge in [-0.15, -0.1) is 5.10 Å². The number of tetrazole rings is 1. The zero-order chi connectivity index (χ0) is 15.4. The first kappa shape index (κ1) is 14.0. The second kappa shape index (κ2) is 4.26. The summed E-state index contributed by atoms with van der Waals surface area (Å²) in [6, 6.07) is 4.65. The number of nitrogens with two attached hydrogens (primary N) is 1. The van der Waals surface area contributed by atoms with Gasteiger partial charge in [-0.2, -0.15) is 0 Å². The van der Waals surface area contributed by atoms with Crippen LogP contribution in [0.2, 0.25) is 0 Å². The lowest BCUT2D eigenvalue weighted by molar-refractivity contribution is 0.457. The summed E-state index contributed by atoms with van der Waals surface area (Å²) in [4.78, 5) is 0. The second-order valence-electron chi connectivity index (χ2n) is 6.92. The summed E-state index contributed by atoms with van der Waals surface area (Å²) >= 11 is 0. The molecule has 0 aliphatic heterocycles. The number of nitrogen functional groups attached to an aromatic ring is 1. The Bertz CT molecular complexity index is 675. The number of anilines is 1. The van der Waals surface area contributed by atoms with Crippen LogP contribution >= 0.6 is 0 Å². The minimum absolute atomic E-state index is 0.127. The van der Waals surface area contributed by atoms with E-state index in [0.29, 0.717) is 17.3 Å². The fraction of sp³-hybridized carbons (Fsp3) is 0.533. The van der Waals surface area contributed by atoms with Gasteiger partial charge < -0.3 is 5.73 Å². The van der Waals surface area contributed by atoms with E-state index in [1.54, 1.807) is 10.7 Å². The summed E-state index contributed by atoms with van der Waals surface area (Å²) in [5.74, 6) is 0.618. The first-order chi connectivity index (χ1) is 9.75. The quantitative estimate of drug-likeness (QED) is 0.882. The molecule has 112 valence electrons. The van der Waals surface area contributed by atoms with Gasteiger partial charge in [0, 0.05) is 12.1 Å². The first-order valence-corrected chi connectivity index (χ1v) is 7.06. The van der Waals surface area contributed by atoms with Crippen molar-refractivity contribution in [2.24, 2.45) is 16.7 Å². The average Bonchev–Trinajstić information content (AvgIpc) is 2.77. The van der Waals surface area contributed by atoms with Gasteiger partial charge in [-0.3, -0.25) is 0 Å². The van der Waals surface area contributed by atoms with Crippen LogP contribution in [0.15, 0.2) is 18.2 Å².